The molecular weight excluding hydrogens is 1530 g/mol. The number of carboxylic acid groups (broad SMARTS) is 4. The number of benzene rings is 14. The molecule has 2 aliphatic heterocycles. The summed E-state index contributed by atoms with van der Waals surface area (Å²) in [6, 6.07) is 99.6. The van der Waals surface area contributed by atoms with Crippen LogP contribution in [0.25, 0.3) is 81.5 Å². The van der Waals surface area contributed by atoms with E-state index in [9.17, 15) is 24.0 Å². The molecule has 624 valence electrons. The zero-order valence-electron chi connectivity index (χ0n) is 69.6. The van der Waals surface area contributed by atoms with Gasteiger partial charge in [0.05, 0.1) is 30.9 Å². The van der Waals surface area contributed by atoms with Crippen molar-refractivity contribution < 1.29 is 49.1 Å². The Labute approximate surface area is 718 Å². The van der Waals surface area contributed by atoms with Gasteiger partial charge in [0.15, 0.2) is 0 Å². The van der Waals surface area contributed by atoms with Gasteiger partial charge >= 0.3 is 29.8 Å². The SMILES string of the molecule is O=C(O)C/C=C/c1ccc2ccccc2c1.O=C(O)CC1CCc2cc3ccccc3cc2C1.O=C(O)CCC1CCCc2c1ccc1ccccc21.O=C(O)CCCc1ccc2ccccc2c1.O=C1OCCC1CCc1ccc2ccccc2c1.c1ccc2cc(CCCC3=NN=NC3)ccc2c1.c1ccc2cc(CCCn3ccnn3)ccc2c1. The molecule has 19 rings (SSSR count). The van der Waals surface area contributed by atoms with Crippen molar-refractivity contribution >= 4 is 117 Å². The standard InChI is InChI=1S/C17H18O2.2C16H16O2.2C15H15N3.C14H14O2.C14H12O2/c18-17(19)11-9-13-5-3-7-16-14-6-2-1-4-12(14)8-10-15(13)16;17-16-14(9-10-18-16)8-6-12-5-7-13-3-1-2-4-15(13)11-12;17-16(18)8-11-5-6-14-9-12-3-1-2-4-13(12)10-15(14)7-11;1-2-6-15-12-13(7-8-14(15)5-1)4-3-10-18-11-9-16-17-18;1-2-6-14-10-12(8-9-13(14)5-1)4-3-7-15-11-16-18-17-15;2*15-14(16)7-3-4-11-8-9-12-5-1-2-6-13(12)10-11/h1-2,4,6,8,10,13H,3,5,7,9,11H2,(H,18,19);1-5,7,11,14H,6,8-10H2;1-4,9-11H,5-8H2,(H,17,18);1-2,5-9,11-12H,3-4,10H2;1-2,5-6,8-10H,3-4,7,11H2;1-2,5-6,8-10H,3-4,7H2,(H,15,16);1-6,8-10H,7H2,(H,15,16)/b;;;;;;4-3+. The highest BCUT2D eigenvalue weighted by Gasteiger charge is 2.27. The van der Waals surface area contributed by atoms with Crippen LogP contribution in [0.5, 0.6) is 0 Å². The third-order valence-electron chi connectivity index (χ3n) is 23.1. The largest absolute Gasteiger partial charge is 0.481 e. The van der Waals surface area contributed by atoms with Gasteiger partial charge in [0.1, 0.15) is 6.54 Å². The molecule has 1 saturated heterocycles. The number of aliphatic carboxylic acids is 4. The second kappa shape index (κ2) is 45.2. The van der Waals surface area contributed by atoms with Crippen molar-refractivity contribution in [3.63, 3.8) is 0 Å². The van der Waals surface area contributed by atoms with Crippen LogP contribution >= 0.6 is 0 Å². The Hall–Kier alpha value is -13.6. The van der Waals surface area contributed by atoms with E-state index in [2.05, 4.69) is 256 Å². The number of esters is 1. The number of rotatable bonds is 23. The summed E-state index contributed by atoms with van der Waals surface area (Å²) in [5.41, 5.74) is 13.0. The molecule has 0 amide bonds. The van der Waals surface area contributed by atoms with E-state index in [0.717, 1.165) is 114 Å². The normalized spacial score (nSPS) is 14.8. The summed E-state index contributed by atoms with van der Waals surface area (Å²) in [6.07, 6.45) is 24.7. The molecule has 1 aromatic heterocycles. The predicted molar refractivity (Wildman–Crippen MR) is 496 cm³/mol. The summed E-state index contributed by atoms with van der Waals surface area (Å²) in [6.45, 7) is 2.21. The lowest BCUT2D eigenvalue weighted by atomic mass is 9.78. The second-order valence-corrected chi connectivity index (χ2v) is 32.0. The topological polar surface area (TPSA) is 243 Å². The third-order valence-corrected chi connectivity index (χ3v) is 23.1. The first-order chi connectivity index (χ1) is 60.1. The number of ether oxygens (including phenoxy) is 1. The lowest BCUT2D eigenvalue weighted by molar-refractivity contribution is -0.141. The van der Waals surface area contributed by atoms with Gasteiger partial charge in [-0.25, -0.2) is 0 Å². The Kier molecular flexibility index (Phi) is 32.0. The van der Waals surface area contributed by atoms with E-state index in [0.29, 0.717) is 37.8 Å². The van der Waals surface area contributed by atoms with Crippen LogP contribution in [-0.4, -0.2) is 84.1 Å². The summed E-state index contributed by atoms with van der Waals surface area (Å²) in [5, 5.41) is 71.8. The summed E-state index contributed by atoms with van der Waals surface area (Å²) in [7, 11) is 0. The fourth-order valence-electron chi connectivity index (χ4n) is 16.7. The van der Waals surface area contributed by atoms with Crippen molar-refractivity contribution in [1.82, 2.24) is 15.0 Å². The Balaban J connectivity index is 0.000000124. The van der Waals surface area contributed by atoms with Crippen molar-refractivity contribution in [2.45, 2.75) is 147 Å². The summed E-state index contributed by atoms with van der Waals surface area (Å²) in [4.78, 5) is 53.7. The molecule has 0 bridgehead atoms. The van der Waals surface area contributed by atoms with Crippen LogP contribution < -0.4 is 0 Å². The van der Waals surface area contributed by atoms with Gasteiger partial charge in [0.25, 0.3) is 0 Å². The number of aryl methyl sites for hydroxylation is 7. The number of aromatic nitrogens is 3. The zero-order valence-corrected chi connectivity index (χ0v) is 69.6. The molecule has 15 aromatic rings. The van der Waals surface area contributed by atoms with Gasteiger partial charge in [-0.2, -0.15) is 5.11 Å². The molecular formula is C107H106N6O10. The van der Waals surface area contributed by atoms with Gasteiger partial charge in [0.2, 0.25) is 0 Å². The molecule has 0 spiro atoms. The molecule has 4 N–H and O–H groups in total. The van der Waals surface area contributed by atoms with Crippen LogP contribution in [-0.2, 0) is 80.2 Å². The van der Waals surface area contributed by atoms with Crippen molar-refractivity contribution in [3.8, 4) is 0 Å². The number of carboxylic acids is 4. The minimum absolute atomic E-state index is 0.0178. The van der Waals surface area contributed by atoms with Crippen LogP contribution in [0.4, 0.5) is 0 Å². The molecule has 16 heteroatoms. The fourth-order valence-corrected chi connectivity index (χ4v) is 16.7. The Morgan fingerprint density at radius 1 is 0.439 bits per heavy atom. The monoisotopic (exact) mass is 1630 g/mol. The molecule has 0 radical (unpaired) electrons. The predicted octanol–water partition coefficient (Wildman–Crippen LogP) is 24.5. The van der Waals surface area contributed by atoms with Crippen LogP contribution in [0.3, 0.4) is 0 Å². The van der Waals surface area contributed by atoms with E-state index in [1.807, 2.05) is 71.6 Å². The molecule has 3 unspecified atom stereocenters. The summed E-state index contributed by atoms with van der Waals surface area (Å²) in [5.74, 6) is -2.08. The highest BCUT2D eigenvalue weighted by molar-refractivity contribution is 5.90. The minimum Gasteiger partial charge on any atom is -0.481 e. The lowest BCUT2D eigenvalue weighted by Crippen LogP contribution is -2.17. The molecule has 16 nitrogen and oxygen atoms in total. The zero-order chi connectivity index (χ0) is 85.3. The van der Waals surface area contributed by atoms with E-state index >= 15 is 0 Å². The Morgan fingerprint density at radius 3 is 1.45 bits per heavy atom. The van der Waals surface area contributed by atoms with E-state index in [4.69, 9.17) is 25.2 Å². The van der Waals surface area contributed by atoms with Crippen LogP contribution in [0.15, 0.2) is 319 Å². The molecule has 2 aliphatic carbocycles. The number of carbonyl (C=O) groups is 5. The Morgan fingerprint density at radius 2 is 0.935 bits per heavy atom. The van der Waals surface area contributed by atoms with E-state index in [1.165, 1.54) is 126 Å². The van der Waals surface area contributed by atoms with Crippen LogP contribution in [0.1, 0.15) is 146 Å². The molecule has 4 aliphatic rings. The molecule has 3 atom stereocenters. The van der Waals surface area contributed by atoms with Crippen molar-refractivity contribution in [2.75, 3.05) is 13.2 Å². The highest BCUT2D eigenvalue weighted by Crippen LogP contribution is 2.39. The number of nitrogens with zero attached hydrogens (tertiary/aromatic N) is 6. The number of hydrogen-bond donors (Lipinski definition) is 4. The average Bonchev–Trinajstić information content (AvgIpc) is 1.40. The summed E-state index contributed by atoms with van der Waals surface area (Å²) < 4.78 is 6.86. The van der Waals surface area contributed by atoms with Gasteiger partial charge in [-0.05, 0) is 258 Å². The summed E-state index contributed by atoms with van der Waals surface area (Å²) >= 11 is 0. The first-order valence-electron chi connectivity index (χ1n) is 43.0. The van der Waals surface area contributed by atoms with Crippen molar-refractivity contribution in [3.05, 3.63) is 354 Å². The maximum Gasteiger partial charge on any atom is 0.309 e. The molecule has 3 heterocycles. The average molecular weight is 1640 g/mol. The van der Waals surface area contributed by atoms with Gasteiger partial charge < -0.3 is 25.2 Å². The highest BCUT2D eigenvalue weighted by atomic mass is 16.5. The molecule has 0 saturated carbocycles. The fraction of sp³-hybridized carbons (Fsp3) is 0.252. The van der Waals surface area contributed by atoms with Crippen LogP contribution in [0.2, 0.25) is 0 Å². The van der Waals surface area contributed by atoms with Gasteiger partial charge in [-0.1, -0.05) is 296 Å². The maximum absolute atomic E-state index is 11.4. The van der Waals surface area contributed by atoms with E-state index < -0.39 is 23.9 Å². The van der Waals surface area contributed by atoms with E-state index in [1.54, 1.807) is 12.3 Å². The lowest BCUT2D eigenvalue weighted by Gasteiger charge is -2.26. The smallest absolute Gasteiger partial charge is 0.309 e. The first kappa shape index (κ1) is 87.2. The number of cyclic esters (lactones) is 1. The number of fused-ring (bicyclic) bond motifs is 10. The van der Waals surface area contributed by atoms with Crippen LogP contribution in [0, 0.1) is 11.8 Å². The van der Waals surface area contributed by atoms with Gasteiger partial charge in [-0.15, -0.1) is 10.2 Å². The second-order valence-electron chi connectivity index (χ2n) is 32.0. The Bertz CT molecular complexity index is 6190. The number of hydrogen-bond acceptors (Lipinski definition) is 11. The van der Waals surface area contributed by atoms with Gasteiger partial charge in [-0.3, -0.25) is 28.7 Å². The molecule has 14 aromatic carbocycles. The quantitative estimate of drug-likeness (QED) is 0.0437. The van der Waals surface area contributed by atoms with E-state index in [-0.39, 0.29) is 31.1 Å². The van der Waals surface area contributed by atoms with Gasteiger partial charge in [0, 0.05) is 32.0 Å². The minimum atomic E-state index is -0.808. The number of carbonyl (C=O) groups excluding carboxylic acids is 1. The van der Waals surface area contributed by atoms with Crippen molar-refractivity contribution in [2.24, 2.45) is 27.3 Å². The first-order valence-corrected chi connectivity index (χ1v) is 43.0. The maximum atomic E-state index is 11.4. The molecule has 123 heavy (non-hydrogen) atoms. The molecule has 1 fully saturated rings. The third kappa shape index (κ3) is 26.7. The van der Waals surface area contributed by atoms with Crippen molar-refractivity contribution in [1.29, 1.82) is 0 Å².